The van der Waals surface area contributed by atoms with Crippen LogP contribution in [-0.2, 0) is 22.6 Å². The van der Waals surface area contributed by atoms with E-state index in [2.05, 4.69) is 5.32 Å². The van der Waals surface area contributed by atoms with E-state index >= 15 is 0 Å². The van der Waals surface area contributed by atoms with E-state index in [1.807, 2.05) is 19.1 Å². The number of amides is 2. The number of carbonyl (C=O) groups is 2. The van der Waals surface area contributed by atoms with E-state index in [-0.39, 0.29) is 18.2 Å². The average Bonchev–Trinajstić information content (AvgIpc) is 2.67. The highest BCUT2D eigenvalue weighted by molar-refractivity contribution is 6.35. The van der Waals surface area contributed by atoms with E-state index in [0.29, 0.717) is 33.7 Å². The molecule has 0 radical (unpaired) electrons. The van der Waals surface area contributed by atoms with Crippen molar-refractivity contribution in [3.8, 4) is 0 Å². The van der Waals surface area contributed by atoms with E-state index in [1.54, 1.807) is 42.2 Å². The third kappa shape index (κ3) is 6.40. The maximum absolute atomic E-state index is 13.1. The van der Waals surface area contributed by atoms with Crippen LogP contribution in [0.5, 0.6) is 0 Å². The smallest absolute Gasteiger partial charge is 0.242 e. The van der Waals surface area contributed by atoms with Crippen LogP contribution in [0.15, 0.2) is 42.5 Å². The Hall–Kier alpha value is -1.75. The number of nitrogens with zero attached hydrogens (tertiary/aromatic N) is 1. The van der Waals surface area contributed by atoms with Gasteiger partial charge in [0.05, 0.1) is 6.42 Å². The molecule has 0 spiro atoms. The van der Waals surface area contributed by atoms with Gasteiger partial charge < -0.3 is 10.2 Å². The molecule has 0 bridgehead atoms. The zero-order valence-corrected chi connectivity index (χ0v) is 18.1. The first kappa shape index (κ1) is 22.5. The van der Waals surface area contributed by atoms with Gasteiger partial charge in [0.25, 0.3) is 0 Å². The fourth-order valence-corrected chi connectivity index (χ4v) is 3.30. The third-order valence-corrected chi connectivity index (χ3v) is 5.18. The molecule has 2 amide bonds. The van der Waals surface area contributed by atoms with Crippen molar-refractivity contribution in [2.75, 3.05) is 6.54 Å². The highest BCUT2D eigenvalue weighted by Gasteiger charge is 2.26. The maximum Gasteiger partial charge on any atom is 0.242 e. The molecule has 28 heavy (non-hydrogen) atoms. The number of benzene rings is 2. The topological polar surface area (TPSA) is 49.4 Å². The van der Waals surface area contributed by atoms with Crippen LogP contribution < -0.4 is 5.32 Å². The van der Waals surface area contributed by atoms with Gasteiger partial charge in [0, 0.05) is 28.2 Å². The van der Waals surface area contributed by atoms with Crippen molar-refractivity contribution in [1.82, 2.24) is 10.2 Å². The van der Waals surface area contributed by atoms with E-state index in [4.69, 9.17) is 34.8 Å². The van der Waals surface area contributed by atoms with Crippen LogP contribution in [0.3, 0.4) is 0 Å². The molecule has 2 rings (SSSR count). The highest BCUT2D eigenvalue weighted by Crippen LogP contribution is 2.23. The molecule has 0 fully saturated rings. The molecule has 1 atom stereocenters. The van der Waals surface area contributed by atoms with Crippen molar-refractivity contribution in [3.63, 3.8) is 0 Å². The maximum atomic E-state index is 13.1. The molecule has 1 N–H and O–H groups in total. The Bertz CT molecular complexity index is 825. The summed E-state index contributed by atoms with van der Waals surface area (Å²) in [6.45, 7) is 4.56. The average molecular weight is 442 g/mol. The number of hydrogen-bond donors (Lipinski definition) is 1. The third-order valence-electron chi connectivity index (χ3n) is 4.34. The normalized spacial score (nSPS) is 11.8. The molecule has 0 saturated heterocycles. The molecule has 0 aliphatic rings. The molecule has 0 aliphatic heterocycles. The van der Waals surface area contributed by atoms with Crippen molar-refractivity contribution in [3.05, 3.63) is 68.7 Å². The summed E-state index contributed by atoms with van der Waals surface area (Å²) in [5, 5.41) is 4.39. The van der Waals surface area contributed by atoms with E-state index in [1.165, 1.54) is 0 Å². The van der Waals surface area contributed by atoms with Crippen molar-refractivity contribution in [1.29, 1.82) is 0 Å². The Morgan fingerprint density at radius 1 is 1.04 bits per heavy atom. The van der Waals surface area contributed by atoms with Gasteiger partial charge in [0.2, 0.25) is 11.8 Å². The second-order valence-corrected chi connectivity index (χ2v) is 7.81. The molecular weight excluding hydrogens is 419 g/mol. The summed E-state index contributed by atoms with van der Waals surface area (Å²) in [6.07, 6.45) is 0.902. The second-order valence-electron chi connectivity index (χ2n) is 6.53. The van der Waals surface area contributed by atoms with Crippen molar-refractivity contribution in [2.24, 2.45) is 0 Å². The quantitative estimate of drug-likeness (QED) is 0.617. The summed E-state index contributed by atoms with van der Waals surface area (Å²) in [5.74, 6) is -0.385. The summed E-state index contributed by atoms with van der Waals surface area (Å²) in [4.78, 5) is 27.1. The molecule has 0 heterocycles. The lowest BCUT2D eigenvalue weighted by Crippen LogP contribution is -2.48. The first-order valence-electron chi connectivity index (χ1n) is 9.07. The van der Waals surface area contributed by atoms with Gasteiger partial charge in [-0.1, -0.05) is 59.9 Å². The lowest BCUT2D eigenvalue weighted by atomic mass is 10.1. The lowest BCUT2D eigenvalue weighted by molar-refractivity contribution is -0.140. The number of halogens is 3. The summed E-state index contributed by atoms with van der Waals surface area (Å²) in [5.41, 5.74) is 1.55. The van der Waals surface area contributed by atoms with Crippen molar-refractivity contribution < 1.29 is 9.59 Å². The minimum Gasteiger partial charge on any atom is -0.354 e. The molecule has 0 aromatic heterocycles. The molecular formula is C21H23Cl3N2O2. The van der Waals surface area contributed by atoms with E-state index in [0.717, 1.165) is 12.0 Å². The molecule has 0 unspecified atom stereocenters. The molecule has 2 aromatic rings. The van der Waals surface area contributed by atoms with Crippen LogP contribution in [0, 0.1) is 0 Å². The Kier molecular flexibility index (Phi) is 8.61. The van der Waals surface area contributed by atoms with Gasteiger partial charge >= 0.3 is 0 Å². The molecule has 0 aliphatic carbocycles. The minimum atomic E-state index is -0.624. The Morgan fingerprint density at radius 3 is 2.29 bits per heavy atom. The first-order valence-corrected chi connectivity index (χ1v) is 10.2. The van der Waals surface area contributed by atoms with Gasteiger partial charge in [0.1, 0.15) is 6.04 Å². The second kappa shape index (κ2) is 10.7. The zero-order chi connectivity index (χ0) is 20.7. The molecule has 4 nitrogen and oxygen atoms in total. The van der Waals surface area contributed by atoms with Crippen molar-refractivity contribution >= 4 is 46.6 Å². The van der Waals surface area contributed by atoms with Crippen LogP contribution in [0.1, 0.15) is 31.4 Å². The largest absolute Gasteiger partial charge is 0.354 e. The number of hydrogen-bond acceptors (Lipinski definition) is 2. The van der Waals surface area contributed by atoms with Crippen LogP contribution in [-0.4, -0.2) is 29.3 Å². The molecule has 2 aromatic carbocycles. The highest BCUT2D eigenvalue weighted by atomic mass is 35.5. The Balaban J connectivity index is 2.23. The fourth-order valence-electron chi connectivity index (χ4n) is 2.69. The monoisotopic (exact) mass is 440 g/mol. The van der Waals surface area contributed by atoms with Crippen LogP contribution in [0.2, 0.25) is 15.1 Å². The van der Waals surface area contributed by atoms with Gasteiger partial charge in [-0.3, -0.25) is 9.59 Å². The Labute approximate surface area is 180 Å². The number of carbonyl (C=O) groups excluding carboxylic acids is 2. The fraction of sp³-hybridized carbons (Fsp3) is 0.333. The van der Waals surface area contributed by atoms with Crippen molar-refractivity contribution in [2.45, 2.75) is 39.3 Å². The van der Waals surface area contributed by atoms with Gasteiger partial charge in [-0.2, -0.15) is 0 Å². The van der Waals surface area contributed by atoms with Crippen LogP contribution >= 0.6 is 34.8 Å². The summed E-state index contributed by atoms with van der Waals surface area (Å²) in [6, 6.07) is 11.6. The standard InChI is InChI=1S/C21H23Cl3N2O2/c1-3-10-25-21(28)14(2)26(13-15-4-7-17(22)8-5-15)20(27)11-16-6-9-18(23)12-19(16)24/h4-9,12,14H,3,10-11,13H2,1-2H3,(H,25,28)/t14-/m0/s1. The van der Waals surface area contributed by atoms with Gasteiger partial charge in [-0.25, -0.2) is 0 Å². The van der Waals surface area contributed by atoms with Gasteiger partial charge in [-0.05, 0) is 48.7 Å². The van der Waals surface area contributed by atoms with E-state index in [9.17, 15) is 9.59 Å². The Morgan fingerprint density at radius 2 is 1.68 bits per heavy atom. The van der Waals surface area contributed by atoms with Crippen LogP contribution in [0.25, 0.3) is 0 Å². The summed E-state index contributed by atoms with van der Waals surface area (Å²) < 4.78 is 0. The summed E-state index contributed by atoms with van der Waals surface area (Å²) >= 11 is 18.1. The number of rotatable bonds is 8. The first-order chi connectivity index (χ1) is 13.3. The predicted octanol–water partition coefficient (Wildman–Crippen LogP) is 5.13. The van der Waals surface area contributed by atoms with Gasteiger partial charge in [0.15, 0.2) is 0 Å². The van der Waals surface area contributed by atoms with Gasteiger partial charge in [-0.15, -0.1) is 0 Å². The SMILES string of the molecule is CCCNC(=O)[C@H](C)N(Cc1ccc(Cl)cc1)C(=O)Cc1ccc(Cl)cc1Cl. The van der Waals surface area contributed by atoms with Crippen LogP contribution in [0.4, 0.5) is 0 Å². The molecule has 150 valence electrons. The summed E-state index contributed by atoms with van der Waals surface area (Å²) in [7, 11) is 0. The predicted molar refractivity (Wildman–Crippen MR) is 115 cm³/mol. The lowest BCUT2D eigenvalue weighted by Gasteiger charge is -2.29. The zero-order valence-electron chi connectivity index (χ0n) is 15.8. The minimum absolute atomic E-state index is 0.0784. The number of nitrogens with one attached hydrogen (secondary N) is 1. The molecule has 0 saturated carbocycles. The van der Waals surface area contributed by atoms with E-state index < -0.39 is 6.04 Å². The molecule has 7 heteroatoms.